The molecule has 1 spiro atoms. The van der Waals surface area contributed by atoms with Crippen LogP contribution in [0.25, 0.3) is 0 Å². The smallest absolute Gasteiger partial charge is 0.246 e. The minimum absolute atomic E-state index is 0.114. The Kier molecular flexibility index (Phi) is 15.1. The first-order chi connectivity index (χ1) is 24.3. The summed E-state index contributed by atoms with van der Waals surface area (Å²) < 4.78 is 0. The third kappa shape index (κ3) is 13.2. The molecule has 10 N–H and O–H groups in total. The van der Waals surface area contributed by atoms with Gasteiger partial charge in [-0.1, -0.05) is 0 Å². The molecular weight excluding hydrogens is 678 g/mol. The molecule has 1 saturated carbocycles. The number of carbonyl (C=O) groups is 11. The molecule has 3 rings (SSSR count). The van der Waals surface area contributed by atoms with E-state index in [-0.39, 0.29) is 19.5 Å². The Labute approximate surface area is 291 Å². The van der Waals surface area contributed by atoms with Crippen molar-refractivity contribution in [1.29, 1.82) is 0 Å². The Hall–Kier alpha value is -5.83. The van der Waals surface area contributed by atoms with Crippen molar-refractivity contribution in [3.05, 3.63) is 0 Å². The van der Waals surface area contributed by atoms with Crippen molar-refractivity contribution < 1.29 is 52.7 Å². The summed E-state index contributed by atoms with van der Waals surface area (Å²) >= 11 is 0. The van der Waals surface area contributed by atoms with E-state index in [1.165, 1.54) is 4.90 Å². The van der Waals surface area contributed by atoms with Crippen molar-refractivity contribution in [2.24, 2.45) is 0 Å². The zero-order valence-corrected chi connectivity index (χ0v) is 27.8. The van der Waals surface area contributed by atoms with E-state index in [1.807, 2.05) is 0 Å². The maximum Gasteiger partial charge on any atom is 0.246 e. The van der Waals surface area contributed by atoms with E-state index in [9.17, 15) is 52.7 Å². The number of nitrogens with zero attached hydrogens (tertiary/aromatic N) is 1. The minimum atomic E-state index is -1.27. The van der Waals surface area contributed by atoms with Crippen LogP contribution in [0.15, 0.2) is 0 Å². The molecular formula is C29H43N11O11. The predicted molar refractivity (Wildman–Crippen MR) is 171 cm³/mol. The Morgan fingerprint density at radius 3 is 1.33 bits per heavy atom. The molecule has 3 aliphatic rings. The van der Waals surface area contributed by atoms with E-state index in [0.29, 0.717) is 32.1 Å². The standard InChI is InChI=1S/C29H43N11O11/c41-18-4-7-30-19(42)15-38-28(51)29(5-2-6-29)39-27(50)17-3-1-8-40(17)26(49)16-37-25(48)14-36-24(47)13-35-23(46)12-34-22(45)11-33-21(44)10-32-20(43)9-31-18/h17H,1-16H2,(H,30,42)(H,31,41)(H,32,43)(H,33,44)(H,34,45)(H,35,46)(H,36,47)(H,37,48)(H,38,51)(H,39,50). The van der Waals surface area contributed by atoms with Crippen LogP contribution >= 0.6 is 0 Å². The SMILES string of the molecule is O=C1CCNC(=O)CNC(=O)C2(CCC2)NC(=O)C2CCCN2C(=O)CNC(=O)CNC(=O)CNC(=O)CNC(=O)CNC(=O)CNC(=O)CN1. The van der Waals surface area contributed by atoms with Crippen LogP contribution in [0.3, 0.4) is 0 Å². The highest BCUT2D eigenvalue weighted by molar-refractivity contribution is 5.98. The van der Waals surface area contributed by atoms with Crippen molar-refractivity contribution in [2.45, 2.75) is 50.1 Å². The number of nitrogens with one attached hydrogen (secondary N) is 10. The summed E-state index contributed by atoms with van der Waals surface area (Å²) in [5.41, 5.74) is -1.27. The first-order valence-corrected chi connectivity index (χ1v) is 16.3. The van der Waals surface area contributed by atoms with Gasteiger partial charge in [-0.05, 0) is 32.1 Å². The summed E-state index contributed by atoms with van der Waals surface area (Å²) in [4.78, 5) is 137. The molecule has 1 aliphatic carbocycles. The van der Waals surface area contributed by atoms with Crippen LogP contribution < -0.4 is 53.2 Å². The second kappa shape index (κ2) is 19.4. The molecule has 0 aromatic carbocycles. The zero-order valence-electron chi connectivity index (χ0n) is 27.8. The number of rotatable bonds is 0. The lowest BCUT2D eigenvalue weighted by molar-refractivity contribution is -0.143. The van der Waals surface area contributed by atoms with Gasteiger partial charge in [0.2, 0.25) is 65.0 Å². The lowest BCUT2D eigenvalue weighted by Gasteiger charge is -2.41. The topological polar surface area (TPSA) is 311 Å². The Morgan fingerprint density at radius 1 is 0.471 bits per heavy atom. The number of amides is 11. The second-order valence-corrected chi connectivity index (χ2v) is 11.9. The molecule has 2 saturated heterocycles. The van der Waals surface area contributed by atoms with Crippen molar-refractivity contribution in [1.82, 2.24) is 58.1 Å². The van der Waals surface area contributed by atoms with Crippen LogP contribution in [-0.4, -0.2) is 147 Å². The molecule has 11 amide bonds. The third-order valence-electron chi connectivity index (χ3n) is 8.08. The quantitative estimate of drug-likeness (QED) is 0.112. The molecule has 22 nitrogen and oxygen atoms in total. The minimum Gasteiger partial charge on any atom is -0.354 e. The molecule has 1 atom stereocenters. The van der Waals surface area contributed by atoms with E-state index >= 15 is 0 Å². The van der Waals surface area contributed by atoms with Crippen LogP contribution in [-0.2, 0) is 52.7 Å². The van der Waals surface area contributed by atoms with Gasteiger partial charge in [-0.25, -0.2) is 0 Å². The molecule has 0 aromatic rings. The van der Waals surface area contributed by atoms with Crippen molar-refractivity contribution in [2.75, 3.05) is 65.4 Å². The Morgan fingerprint density at radius 2 is 0.882 bits per heavy atom. The van der Waals surface area contributed by atoms with E-state index in [4.69, 9.17) is 0 Å². The molecule has 51 heavy (non-hydrogen) atoms. The van der Waals surface area contributed by atoms with Gasteiger partial charge in [0.15, 0.2) is 0 Å². The highest BCUT2D eigenvalue weighted by Gasteiger charge is 2.47. The summed E-state index contributed by atoms with van der Waals surface area (Å²) in [6.07, 6.45) is 1.89. The molecule has 0 radical (unpaired) electrons. The van der Waals surface area contributed by atoms with Gasteiger partial charge < -0.3 is 58.1 Å². The van der Waals surface area contributed by atoms with Gasteiger partial charge in [0.1, 0.15) is 11.6 Å². The first kappa shape index (κ1) is 39.6. The molecule has 280 valence electrons. The van der Waals surface area contributed by atoms with E-state index in [2.05, 4.69) is 53.2 Å². The van der Waals surface area contributed by atoms with Crippen LogP contribution in [0.1, 0.15) is 38.5 Å². The number of hydrogen-bond acceptors (Lipinski definition) is 11. The van der Waals surface area contributed by atoms with Gasteiger partial charge in [-0.3, -0.25) is 52.7 Å². The average Bonchev–Trinajstić information content (AvgIpc) is 3.59. The van der Waals surface area contributed by atoms with Crippen molar-refractivity contribution >= 4 is 65.0 Å². The van der Waals surface area contributed by atoms with Crippen molar-refractivity contribution in [3.63, 3.8) is 0 Å². The van der Waals surface area contributed by atoms with Crippen LogP contribution in [0, 0.1) is 0 Å². The van der Waals surface area contributed by atoms with E-state index in [0.717, 1.165) is 0 Å². The Bertz CT molecular complexity index is 1420. The molecule has 22 heteroatoms. The van der Waals surface area contributed by atoms with Gasteiger partial charge in [0, 0.05) is 19.5 Å². The van der Waals surface area contributed by atoms with Gasteiger partial charge in [-0.15, -0.1) is 0 Å². The summed E-state index contributed by atoms with van der Waals surface area (Å²) in [6, 6.07) is -0.894. The lowest BCUT2D eigenvalue weighted by atomic mass is 9.75. The number of hydrogen-bond donors (Lipinski definition) is 10. The average molecular weight is 722 g/mol. The molecule has 0 aromatic heterocycles. The summed E-state index contributed by atoms with van der Waals surface area (Å²) in [5, 5.41) is 23.5. The van der Waals surface area contributed by atoms with Crippen LogP contribution in [0.4, 0.5) is 0 Å². The maximum atomic E-state index is 13.2. The number of fused-ring (bicyclic) bond motifs is 1. The largest absolute Gasteiger partial charge is 0.354 e. The fourth-order valence-corrected chi connectivity index (χ4v) is 5.12. The van der Waals surface area contributed by atoms with Crippen LogP contribution in [0.5, 0.6) is 0 Å². The van der Waals surface area contributed by atoms with E-state index < -0.39 is 129 Å². The zero-order chi connectivity index (χ0) is 37.4. The normalized spacial score (nSPS) is 23.6. The van der Waals surface area contributed by atoms with Crippen molar-refractivity contribution in [3.8, 4) is 0 Å². The van der Waals surface area contributed by atoms with Gasteiger partial charge in [0.25, 0.3) is 0 Å². The van der Waals surface area contributed by atoms with Gasteiger partial charge >= 0.3 is 0 Å². The fraction of sp³-hybridized carbons (Fsp3) is 0.621. The molecule has 1 unspecified atom stereocenters. The summed E-state index contributed by atoms with van der Waals surface area (Å²) in [5.74, 6) is -7.29. The lowest BCUT2D eigenvalue weighted by Crippen LogP contribution is -2.65. The molecule has 3 fully saturated rings. The summed E-state index contributed by atoms with van der Waals surface area (Å²) in [6.45, 7) is -3.89. The van der Waals surface area contributed by atoms with Gasteiger partial charge in [-0.2, -0.15) is 0 Å². The summed E-state index contributed by atoms with van der Waals surface area (Å²) in [7, 11) is 0. The number of carbonyl (C=O) groups excluding carboxylic acids is 11. The monoisotopic (exact) mass is 721 g/mol. The third-order valence-corrected chi connectivity index (χ3v) is 8.08. The second-order valence-electron chi connectivity index (χ2n) is 11.9. The first-order valence-electron chi connectivity index (χ1n) is 16.3. The van der Waals surface area contributed by atoms with Gasteiger partial charge in [0.05, 0.1) is 52.4 Å². The fourth-order valence-electron chi connectivity index (χ4n) is 5.12. The maximum absolute atomic E-state index is 13.2. The Balaban J connectivity index is 1.57. The molecule has 2 aliphatic heterocycles. The molecule has 2 heterocycles. The van der Waals surface area contributed by atoms with Crippen LogP contribution in [0.2, 0.25) is 0 Å². The highest BCUT2D eigenvalue weighted by atomic mass is 16.2. The van der Waals surface area contributed by atoms with E-state index in [1.54, 1.807) is 0 Å². The highest BCUT2D eigenvalue weighted by Crippen LogP contribution is 2.33. The molecule has 0 bridgehead atoms. The predicted octanol–water partition coefficient (Wildman–Crippen LogP) is -7.53.